The zero-order valence-corrected chi connectivity index (χ0v) is 14.8. The SMILES string of the molecule is C[C@@H](NC(=O)C1=CC=CC(/C=C\CCCn2ccccc2=O)C1)C(=O)O. The number of unbranched alkanes of at least 4 members (excludes halogenated alkanes) is 1. The van der Waals surface area contributed by atoms with Gasteiger partial charge in [0.2, 0.25) is 11.5 Å². The average molecular weight is 356 g/mol. The third-order valence-corrected chi connectivity index (χ3v) is 4.17. The molecule has 1 unspecified atom stereocenters. The molecule has 1 aromatic rings. The number of rotatable bonds is 8. The molecule has 0 aliphatic heterocycles. The number of hydrogen-bond donors (Lipinski definition) is 2. The molecule has 1 aliphatic carbocycles. The Morgan fingerprint density at radius 2 is 2.23 bits per heavy atom. The molecule has 0 bridgehead atoms. The Morgan fingerprint density at radius 1 is 1.42 bits per heavy atom. The smallest absolute Gasteiger partial charge is 0.325 e. The summed E-state index contributed by atoms with van der Waals surface area (Å²) < 4.78 is 1.68. The molecule has 2 N–H and O–H groups in total. The minimum Gasteiger partial charge on any atom is -0.480 e. The van der Waals surface area contributed by atoms with Gasteiger partial charge in [0.05, 0.1) is 0 Å². The fraction of sp³-hybridized carbons (Fsp3) is 0.350. The van der Waals surface area contributed by atoms with Gasteiger partial charge in [-0.1, -0.05) is 36.4 Å². The minimum absolute atomic E-state index is 0.00285. The van der Waals surface area contributed by atoms with E-state index in [-0.39, 0.29) is 17.4 Å². The van der Waals surface area contributed by atoms with Gasteiger partial charge in [-0.15, -0.1) is 0 Å². The normalized spacial score (nSPS) is 17.7. The molecule has 1 amide bonds. The van der Waals surface area contributed by atoms with Crippen molar-refractivity contribution in [1.82, 2.24) is 9.88 Å². The van der Waals surface area contributed by atoms with Crippen molar-refractivity contribution in [3.8, 4) is 0 Å². The van der Waals surface area contributed by atoms with Crippen molar-refractivity contribution in [2.24, 2.45) is 5.92 Å². The van der Waals surface area contributed by atoms with Crippen LogP contribution < -0.4 is 10.9 Å². The lowest BCUT2D eigenvalue weighted by molar-refractivity contribution is -0.140. The van der Waals surface area contributed by atoms with Crippen molar-refractivity contribution in [1.29, 1.82) is 0 Å². The molecule has 1 aromatic heterocycles. The van der Waals surface area contributed by atoms with Crippen molar-refractivity contribution in [3.05, 3.63) is 70.7 Å². The third kappa shape index (κ3) is 5.88. The molecule has 0 fully saturated rings. The first-order valence-electron chi connectivity index (χ1n) is 8.70. The summed E-state index contributed by atoms with van der Waals surface area (Å²) in [5, 5.41) is 11.3. The van der Waals surface area contributed by atoms with Crippen LogP contribution in [-0.4, -0.2) is 27.6 Å². The minimum atomic E-state index is -1.06. The largest absolute Gasteiger partial charge is 0.480 e. The van der Waals surface area contributed by atoms with Crippen LogP contribution in [0.4, 0.5) is 0 Å². The number of allylic oxidation sites excluding steroid dienone is 5. The topological polar surface area (TPSA) is 88.4 Å². The number of hydrogen-bond acceptors (Lipinski definition) is 3. The van der Waals surface area contributed by atoms with Gasteiger partial charge < -0.3 is 15.0 Å². The van der Waals surface area contributed by atoms with Crippen molar-refractivity contribution in [3.63, 3.8) is 0 Å². The molecule has 6 heteroatoms. The van der Waals surface area contributed by atoms with Gasteiger partial charge >= 0.3 is 5.97 Å². The Kier molecular flexibility index (Phi) is 7.14. The van der Waals surface area contributed by atoms with E-state index in [0.29, 0.717) is 18.5 Å². The number of carbonyl (C=O) groups is 2. The number of carboxylic acid groups (broad SMARTS) is 1. The lowest BCUT2D eigenvalue weighted by atomic mass is 9.93. The molecule has 1 heterocycles. The highest BCUT2D eigenvalue weighted by Crippen LogP contribution is 2.20. The van der Waals surface area contributed by atoms with E-state index in [1.54, 1.807) is 29.0 Å². The Labute approximate surface area is 152 Å². The number of nitrogens with zero attached hydrogens (tertiary/aromatic N) is 1. The predicted octanol–water partition coefficient (Wildman–Crippen LogP) is 2.28. The molecule has 2 rings (SSSR count). The fourth-order valence-electron chi connectivity index (χ4n) is 2.65. The van der Waals surface area contributed by atoms with Crippen LogP contribution in [0, 0.1) is 5.92 Å². The summed E-state index contributed by atoms with van der Waals surface area (Å²) in [6, 6.07) is 4.21. The predicted molar refractivity (Wildman–Crippen MR) is 99.6 cm³/mol. The van der Waals surface area contributed by atoms with Crippen molar-refractivity contribution >= 4 is 11.9 Å². The fourth-order valence-corrected chi connectivity index (χ4v) is 2.65. The maximum atomic E-state index is 12.1. The number of aryl methyl sites for hydroxylation is 1. The molecule has 26 heavy (non-hydrogen) atoms. The summed E-state index contributed by atoms with van der Waals surface area (Å²) >= 11 is 0. The van der Waals surface area contributed by atoms with Gasteiger partial charge in [-0.3, -0.25) is 14.4 Å². The Balaban J connectivity index is 1.77. The standard InChI is InChI=1S/C20H24N2O4/c1-15(20(25)26)21-19(24)17-10-7-9-16(14-17)8-3-2-5-12-22-13-6-4-11-18(22)23/h3-4,6-11,13,15-16H,2,5,12,14H2,1H3,(H,21,24)(H,25,26)/b8-3-/t15-,16?/m1/s1. The van der Waals surface area contributed by atoms with Crippen LogP contribution in [0.5, 0.6) is 0 Å². The lowest BCUT2D eigenvalue weighted by Gasteiger charge is -2.17. The molecule has 0 radical (unpaired) electrons. The van der Waals surface area contributed by atoms with Gasteiger partial charge in [-0.2, -0.15) is 0 Å². The highest BCUT2D eigenvalue weighted by Gasteiger charge is 2.19. The quantitative estimate of drug-likeness (QED) is 0.552. The van der Waals surface area contributed by atoms with Crippen LogP contribution in [0.15, 0.2) is 65.1 Å². The summed E-state index contributed by atoms with van der Waals surface area (Å²) in [5.74, 6) is -1.29. The maximum absolute atomic E-state index is 12.1. The van der Waals surface area contributed by atoms with Crippen LogP contribution in [0.3, 0.4) is 0 Å². The average Bonchev–Trinajstić information content (AvgIpc) is 2.63. The molecule has 0 saturated heterocycles. The molecule has 6 nitrogen and oxygen atoms in total. The van der Waals surface area contributed by atoms with Crippen LogP contribution in [-0.2, 0) is 16.1 Å². The van der Waals surface area contributed by atoms with E-state index in [2.05, 4.69) is 11.4 Å². The third-order valence-electron chi connectivity index (χ3n) is 4.17. The van der Waals surface area contributed by atoms with Crippen LogP contribution in [0.25, 0.3) is 0 Å². The van der Waals surface area contributed by atoms with E-state index in [1.807, 2.05) is 24.3 Å². The second-order valence-electron chi connectivity index (χ2n) is 6.28. The highest BCUT2D eigenvalue weighted by molar-refractivity contribution is 5.96. The Morgan fingerprint density at radius 3 is 2.96 bits per heavy atom. The Hall–Kier alpha value is -2.89. The number of carboxylic acids is 1. The molecule has 138 valence electrons. The number of nitrogens with one attached hydrogen (secondary N) is 1. The van der Waals surface area contributed by atoms with Crippen molar-refractivity contribution in [2.75, 3.05) is 0 Å². The van der Waals surface area contributed by atoms with Gasteiger partial charge in [-0.25, -0.2) is 0 Å². The van der Waals surface area contributed by atoms with E-state index in [9.17, 15) is 14.4 Å². The van der Waals surface area contributed by atoms with Gasteiger partial charge in [0.15, 0.2) is 0 Å². The van der Waals surface area contributed by atoms with E-state index in [4.69, 9.17) is 5.11 Å². The van der Waals surface area contributed by atoms with Crippen LogP contribution in [0.1, 0.15) is 26.2 Å². The summed E-state index contributed by atoms with van der Waals surface area (Å²) in [7, 11) is 0. The maximum Gasteiger partial charge on any atom is 0.325 e. The number of carbonyl (C=O) groups excluding carboxylic acids is 1. The van der Waals surface area contributed by atoms with Gasteiger partial charge in [-0.05, 0) is 38.2 Å². The zero-order valence-electron chi connectivity index (χ0n) is 14.8. The summed E-state index contributed by atoms with van der Waals surface area (Å²) in [4.78, 5) is 34.5. The van der Waals surface area contributed by atoms with Crippen molar-refractivity contribution < 1.29 is 14.7 Å². The van der Waals surface area contributed by atoms with Gasteiger partial charge in [0.25, 0.3) is 0 Å². The molecule has 0 aromatic carbocycles. The molecular formula is C20H24N2O4. The van der Waals surface area contributed by atoms with Crippen LogP contribution >= 0.6 is 0 Å². The molecule has 0 spiro atoms. The van der Waals surface area contributed by atoms with E-state index >= 15 is 0 Å². The van der Waals surface area contributed by atoms with E-state index in [1.165, 1.54) is 6.92 Å². The van der Waals surface area contributed by atoms with Gasteiger partial charge in [0, 0.05) is 24.4 Å². The van der Waals surface area contributed by atoms with E-state index < -0.39 is 12.0 Å². The van der Waals surface area contributed by atoms with Gasteiger partial charge in [0.1, 0.15) is 6.04 Å². The molecular weight excluding hydrogens is 332 g/mol. The van der Waals surface area contributed by atoms with Crippen molar-refractivity contribution in [2.45, 2.75) is 38.8 Å². The van der Waals surface area contributed by atoms with E-state index in [0.717, 1.165) is 12.8 Å². The number of aromatic nitrogens is 1. The monoisotopic (exact) mass is 356 g/mol. The number of aliphatic carboxylic acids is 1. The first-order chi connectivity index (χ1) is 12.5. The first-order valence-corrected chi connectivity index (χ1v) is 8.70. The zero-order chi connectivity index (χ0) is 18.9. The number of amides is 1. The Bertz CT molecular complexity index is 789. The second-order valence-corrected chi connectivity index (χ2v) is 6.28. The van der Waals surface area contributed by atoms with Crippen LogP contribution in [0.2, 0.25) is 0 Å². The molecule has 0 saturated carbocycles. The summed E-state index contributed by atoms with van der Waals surface area (Å²) in [6.45, 7) is 2.11. The molecule has 1 aliphatic rings. The first kappa shape index (κ1) is 19.4. The summed E-state index contributed by atoms with van der Waals surface area (Å²) in [6.07, 6.45) is 13.7. The lowest BCUT2D eigenvalue weighted by Crippen LogP contribution is -2.39. The number of pyridine rings is 1. The second kappa shape index (κ2) is 9.56. The summed E-state index contributed by atoms with van der Waals surface area (Å²) in [5.41, 5.74) is 0.578. The highest BCUT2D eigenvalue weighted by atomic mass is 16.4. The molecule has 2 atom stereocenters.